The standard InChI is InChI=1S/C15H22N2O2/c1-3-17(2)15(18)10-19-12-8-7-11-5-4-6-14(16)13(11)9-12/h7-9,14H,3-6,10,16H2,1-2H3/t14-/m0/s1. The van der Waals surface area contributed by atoms with E-state index in [-0.39, 0.29) is 18.6 Å². The molecule has 19 heavy (non-hydrogen) atoms. The molecule has 0 aliphatic heterocycles. The fourth-order valence-electron chi connectivity index (χ4n) is 2.34. The number of rotatable bonds is 4. The normalized spacial score (nSPS) is 17.7. The highest BCUT2D eigenvalue weighted by Gasteiger charge is 2.17. The molecule has 0 radical (unpaired) electrons. The van der Waals surface area contributed by atoms with Gasteiger partial charge in [0.25, 0.3) is 5.91 Å². The molecule has 0 unspecified atom stereocenters. The van der Waals surface area contributed by atoms with Gasteiger partial charge in [0.1, 0.15) is 5.75 Å². The first kappa shape index (κ1) is 13.9. The lowest BCUT2D eigenvalue weighted by molar-refractivity contribution is -0.131. The van der Waals surface area contributed by atoms with Gasteiger partial charge >= 0.3 is 0 Å². The van der Waals surface area contributed by atoms with Crippen molar-refractivity contribution in [1.82, 2.24) is 4.90 Å². The summed E-state index contributed by atoms with van der Waals surface area (Å²) in [4.78, 5) is 13.3. The van der Waals surface area contributed by atoms with Crippen molar-refractivity contribution >= 4 is 5.91 Å². The van der Waals surface area contributed by atoms with Gasteiger partial charge in [0.05, 0.1) is 0 Å². The maximum absolute atomic E-state index is 11.7. The van der Waals surface area contributed by atoms with Crippen LogP contribution in [0.15, 0.2) is 18.2 Å². The van der Waals surface area contributed by atoms with Crippen LogP contribution in [0.4, 0.5) is 0 Å². The Morgan fingerprint density at radius 3 is 3.05 bits per heavy atom. The Bertz CT molecular complexity index is 459. The molecule has 2 rings (SSSR count). The van der Waals surface area contributed by atoms with Crippen molar-refractivity contribution in [2.45, 2.75) is 32.2 Å². The number of aryl methyl sites for hydroxylation is 1. The fourth-order valence-corrected chi connectivity index (χ4v) is 2.34. The molecule has 4 heteroatoms. The number of nitrogens with zero attached hydrogens (tertiary/aromatic N) is 1. The number of hydrogen-bond donors (Lipinski definition) is 1. The van der Waals surface area contributed by atoms with Crippen LogP contribution in [0, 0.1) is 0 Å². The SMILES string of the molecule is CCN(C)C(=O)COc1ccc2c(c1)[C@@H](N)CCC2. The van der Waals surface area contributed by atoms with Gasteiger partial charge in [-0.2, -0.15) is 0 Å². The number of hydrogen-bond acceptors (Lipinski definition) is 3. The quantitative estimate of drug-likeness (QED) is 0.901. The van der Waals surface area contributed by atoms with Gasteiger partial charge in [0.15, 0.2) is 6.61 Å². The van der Waals surface area contributed by atoms with Gasteiger partial charge in [-0.15, -0.1) is 0 Å². The lowest BCUT2D eigenvalue weighted by atomic mass is 9.88. The van der Waals surface area contributed by atoms with E-state index in [1.807, 2.05) is 19.1 Å². The molecule has 1 aromatic carbocycles. The Morgan fingerprint density at radius 2 is 2.32 bits per heavy atom. The lowest BCUT2D eigenvalue weighted by Crippen LogP contribution is -2.31. The Kier molecular flexibility index (Phi) is 4.43. The summed E-state index contributed by atoms with van der Waals surface area (Å²) in [5.41, 5.74) is 8.59. The molecule has 4 nitrogen and oxygen atoms in total. The number of ether oxygens (including phenoxy) is 1. The van der Waals surface area contributed by atoms with Crippen LogP contribution < -0.4 is 10.5 Å². The molecule has 2 N–H and O–H groups in total. The third kappa shape index (κ3) is 3.26. The minimum atomic E-state index is -0.00970. The van der Waals surface area contributed by atoms with Crippen molar-refractivity contribution in [2.75, 3.05) is 20.2 Å². The summed E-state index contributed by atoms with van der Waals surface area (Å²) in [5.74, 6) is 0.721. The van der Waals surface area contributed by atoms with E-state index in [4.69, 9.17) is 10.5 Å². The van der Waals surface area contributed by atoms with Crippen molar-refractivity contribution in [1.29, 1.82) is 0 Å². The van der Waals surface area contributed by atoms with Gasteiger partial charge in [-0.1, -0.05) is 6.07 Å². The first-order chi connectivity index (χ1) is 9.11. The number of likely N-dealkylation sites (N-methyl/N-ethyl adjacent to an activating group) is 1. The first-order valence-electron chi connectivity index (χ1n) is 6.87. The maximum Gasteiger partial charge on any atom is 0.260 e. The van der Waals surface area contributed by atoms with E-state index in [2.05, 4.69) is 6.07 Å². The Morgan fingerprint density at radius 1 is 1.53 bits per heavy atom. The molecule has 0 spiro atoms. The Hall–Kier alpha value is -1.55. The fraction of sp³-hybridized carbons (Fsp3) is 0.533. The van der Waals surface area contributed by atoms with Crippen LogP contribution in [0.3, 0.4) is 0 Å². The smallest absolute Gasteiger partial charge is 0.260 e. The van der Waals surface area contributed by atoms with Crippen molar-refractivity contribution in [3.05, 3.63) is 29.3 Å². The molecular formula is C15H22N2O2. The summed E-state index contributed by atoms with van der Waals surface area (Å²) < 4.78 is 5.56. The summed E-state index contributed by atoms with van der Waals surface area (Å²) in [6.45, 7) is 2.71. The zero-order chi connectivity index (χ0) is 13.8. The van der Waals surface area contributed by atoms with Crippen molar-refractivity contribution < 1.29 is 9.53 Å². The molecule has 1 aliphatic carbocycles. The number of carbonyl (C=O) groups is 1. The maximum atomic E-state index is 11.7. The zero-order valence-electron chi connectivity index (χ0n) is 11.7. The molecule has 0 aromatic heterocycles. The van der Waals surface area contributed by atoms with Gasteiger partial charge in [0.2, 0.25) is 0 Å². The summed E-state index contributed by atoms with van der Waals surface area (Å²) in [6.07, 6.45) is 3.25. The second-order valence-corrected chi connectivity index (χ2v) is 5.06. The van der Waals surface area contributed by atoms with Gasteiger partial charge in [-0.3, -0.25) is 4.79 Å². The molecule has 0 saturated carbocycles. The number of benzene rings is 1. The molecule has 1 aromatic rings. The first-order valence-corrected chi connectivity index (χ1v) is 6.87. The van der Waals surface area contributed by atoms with E-state index in [1.165, 1.54) is 11.1 Å². The topological polar surface area (TPSA) is 55.6 Å². The molecule has 0 heterocycles. The van der Waals surface area contributed by atoms with Crippen LogP contribution in [0.1, 0.15) is 36.9 Å². The van der Waals surface area contributed by atoms with Crippen LogP contribution in [-0.2, 0) is 11.2 Å². The zero-order valence-corrected chi connectivity index (χ0v) is 11.7. The Balaban J connectivity index is 2.02. The minimum absolute atomic E-state index is 0.00970. The van der Waals surface area contributed by atoms with Gasteiger partial charge in [-0.05, 0) is 49.4 Å². The molecule has 1 amide bonds. The number of fused-ring (bicyclic) bond motifs is 1. The van der Waals surface area contributed by atoms with E-state index in [0.29, 0.717) is 6.54 Å². The highest BCUT2D eigenvalue weighted by atomic mass is 16.5. The molecule has 104 valence electrons. The summed E-state index contributed by atoms with van der Waals surface area (Å²) >= 11 is 0. The third-order valence-electron chi connectivity index (χ3n) is 3.74. The van der Waals surface area contributed by atoms with Crippen molar-refractivity contribution in [2.24, 2.45) is 5.73 Å². The molecule has 1 atom stereocenters. The largest absolute Gasteiger partial charge is 0.484 e. The van der Waals surface area contributed by atoms with E-state index in [9.17, 15) is 4.79 Å². The molecule has 0 saturated heterocycles. The highest BCUT2D eigenvalue weighted by molar-refractivity contribution is 5.77. The monoisotopic (exact) mass is 262 g/mol. The minimum Gasteiger partial charge on any atom is -0.484 e. The number of nitrogens with two attached hydrogens (primary N) is 1. The molecule has 0 fully saturated rings. The lowest BCUT2D eigenvalue weighted by Gasteiger charge is -2.23. The van der Waals surface area contributed by atoms with Crippen LogP contribution in [0.2, 0.25) is 0 Å². The predicted octanol–water partition coefficient (Wildman–Crippen LogP) is 1.88. The number of carbonyl (C=O) groups excluding carboxylic acids is 1. The molecule has 0 bridgehead atoms. The average molecular weight is 262 g/mol. The Labute approximate surface area is 114 Å². The predicted molar refractivity (Wildman–Crippen MR) is 75.1 cm³/mol. The average Bonchev–Trinajstić information content (AvgIpc) is 2.44. The van der Waals surface area contributed by atoms with E-state index in [0.717, 1.165) is 25.0 Å². The van der Waals surface area contributed by atoms with E-state index >= 15 is 0 Å². The summed E-state index contributed by atoms with van der Waals surface area (Å²) in [5, 5.41) is 0. The van der Waals surface area contributed by atoms with Crippen LogP contribution in [0.25, 0.3) is 0 Å². The third-order valence-corrected chi connectivity index (χ3v) is 3.74. The van der Waals surface area contributed by atoms with Crippen LogP contribution in [0.5, 0.6) is 5.75 Å². The van der Waals surface area contributed by atoms with Crippen LogP contribution >= 0.6 is 0 Å². The van der Waals surface area contributed by atoms with Crippen molar-refractivity contribution in [3.8, 4) is 5.75 Å². The second kappa shape index (κ2) is 6.06. The molecular weight excluding hydrogens is 240 g/mol. The highest BCUT2D eigenvalue weighted by Crippen LogP contribution is 2.30. The van der Waals surface area contributed by atoms with Gasteiger partial charge in [0, 0.05) is 19.6 Å². The van der Waals surface area contributed by atoms with E-state index < -0.39 is 0 Å². The van der Waals surface area contributed by atoms with Crippen LogP contribution in [-0.4, -0.2) is 31.0 Å². The number of amides is 1. The summed E-state index contributed by atoms with van der Waals surface area (Å²) in [7, 11) is 1.77. The van der Waals surface area contributed by atoms with E-state index in [1.54, 1.807) is 11.9 Å². The van der Waals surface area contributed by atoms with Gasteiger partial charge < -0.3 is 15.4 Å². The second-order valence-electron chi connectivity index (χ2n) is 5.06. The summed E-state index contributed by atoms with van der Waals surface area (Å²) in [6, 6.07) is 6.08. The van der Waals surface area contributed by atoms with Crippen molar-refractivity contribution in [3.63, 3.8) is 0 Å². The van der Waals surface area contributed by atoms with Gasteiger partial charge in [-0.25, -0.2) is 0 Å². The molecule has 1 aliphatic rings.